The SMILES string of the molecule is CCC(=O)NC(Cc1ccc(NC(=O)C(NC(=O)c2ccnn2CC)C2CCCCCC2)cc1)C(=O)N1CCN(C)CC1. The Morgan fingerprint density at radius 1 is 0.907 bits per heavy atom. The van der Waals surface area contributed by atoms with Crippen LogP contribution in [0.1, 0.15) is 74.8 Å². The van der Waals surface area contributed by atoms with Crippen molar-refractivity contribution in [2.75, 3.05) is 38.5 Å². The van der Waals surface area contributed by atoms with Crippen molar-refractivity contribution in [2.45, 2.75) is 83.8 Å². The molecule has 4 rings (SSSR count). The minimum absolute atomic E-state index is 0.0484. The minimum atomic E-state index is -0.666. The molecule has 3 N–H and O–H groups in total. The number of nitrogens with zero attached hydrogens (tertiary/aromatic N) is 4. The van der Waals surface area contributed by atoms with Gasteiger partial charge in [-0.15, -0.1) is 0 Å². The number of piperazine rings is 1. The van der Waals surface area contributed by atoms with Crippen molar-refractivity contribution in [3.05, 3.63) is 47.8 Å². The summed E-state index contributed by atoms with van der Waals surface area (Å²) in [5.41, 5.74) is 1.93. The smallest absolute Gasteiger partial charge is 0.270 e. The normalized spacial score (nSPS) is 17.9. The summed E-state index contributed by atoms with van der Waals surface area (Å²) in [4.78, 5) is 56.4. The largest absolute Gasteiger partial charge is 0.344 e. The number of carbonyl (C=O) groups is 4. The Hall–Kier alpha value is -3.73. The highest BCUT2D eigenvalue weighted by atomic mass is 16.2. The number of hydrogen-bond acceptors (Lipinski definition) is 6. The van der Waals surface area contributed by atoms with Gasteiger partial charge in [-0.2, -0.15) is 5.10 Å². The molecule has 43 heavy (non-hydrogen) atoms. The zero-order valence-corrected chi connectivity index (χ0v) is 25.8. The first-order chi connectivity index (χ1) is 20.8. The van der Waals surface area contributed by atoms with E-state index in [4.69, 9.17) is 0 Å². The summed E-state index contributed by atoms with van der Waals surface area (Å²) in [7, 11) is 2.03. The van der Waals surface area contributed by atoms with Gasteiger partial charge in [0.25, 0.3) is 5.91 Å². The highest BCUT2D eigenvalue weighted by Gasteiger charge is 2.32. The maximum atomic E-state index is 13.6. The van der Waals surface area contributed by atoms with Crippen molar-refractivity contribution in [1.29, 1.82) is 0 Å². The van der Waals surface area contributed by atoms with E-state index >= 15 is 0 Å². The Morgan fingerprint density at radius 3 is 2.21 bits per heavy atom. The summed E-state index contributed by atoms with van der Waals surface area (Å²) in [5.74, 6) is -0.728. The summed E-state index contributed by atoms with van der Waals surface area (Å²) < 4.78 is 1.63. The van der Waals surface area contributed by atoms with Gasteiger partial charge in [-0.05, 0) is 56.5 Å². The van der Waals surface area contributed by atoms with Crippen LogP contribution in [0.4, 0.5) is 5.69 Å². The lowest BCUT2D eigenvalue weighted by atomic mass is 9.91. The van der Waals surface area contributed by atoms with Gasteiger partial charge in [-0.1, -0.05) is 44.7 Å². The molecule has 0 spiro atoms. The number of amides is 4. The van der Waals surface area contributed by atoms with Crippen LogP contribution in [-0.2, 0) is 27.3 Å². The van der Waals surface area contributed by atoms with Crippen LogP contribution >= 0.6 is 0 Å². The van der Waals surface area contributed by atoms with Gasteiger partial charge in [0.15, 0.2) is 0 Å². The van der Waals surface area contributed by atoms with Crippen molar-refractivity contribution in [3.8, 4) is 0 Å². The fourth-order valence-corrected chi connectivity index (χ4v) is 5.96. The molecular weight excluding hydrogens is 546 g/mol. The molecule has 2 aromatic rings. The van der Waals surface area contributed by atoms with Crippen molar-refractivity contribution in [2.24, 2.45) is 5.92 Å². The molecule has 1 aliphatic carbocycles. The van der Waals surface area contributed by atoms with Gasteiger partial charge in [0.05, 0.1) is 0 Å². The molecule has 2 fully saturated rings. The van der Waals surface area contributed by atoms with Crippen molar-refractivity contribution in [1.82, 2.24) is 30.2 Å². The number of rotatable bonds is 11. The van der Waals surface area contributed by atoms with E-state index in [1.807, 2.05) is 43.1 Å². The average Bonchev–Trinajstić information content (AvgIpc) is 3.34. The zero-order valence-electron chi connectivity index (χ0n) is 25.8. The Kier molecular flexibility index (Phi) is 11.7. The third-order valence-corrected chi connectivity index (χ3v) is 8.62. The monoisotopic (exact) mass is 593 g/mol. The maximum Gasteiger partial charge on any atom is 0.270 e. The van der Waals surface area contributed by atoms with Gasteiger partial charge < -0.3 is 25.8 Å². The number of hydrogen-bond donors (Lipinski definition) is 3. The molecule has 1 aromatic heterocycles. The number of nitrogens with one attached hydrogen (secondary N) is 3. The first-order valence-corrected chi connectivity index (χ1v) is 15.8. The van der Waals surface area contributed by atoms with Gasteiger partial charge in [0.1, 0.15) is 17.8 Å². The fourth-order valence-electron chi connectivity index (χ4n) is 5.96. The summed E-state index contributed by atoms with van der Waals surface area (Å²) >= 11 is 0. The number of carbonyl (C=O) groups excluding carboxylic acids is 4. The second-order valence-electron chi connectivity index (χ2n) is 11.7. The van der Waals surface area contributed by atoms with E-state index in [0.717, 1.165) is 57.2 Å². The molecule has 1 saturated carbocycles. The Labute approximate surface area is 254 Å². The standard InChI is InChI=1S/C32H47N7O4/c1-4-28(40)35-26(32(43)38-20-18-37(3)19-21-38)22-23-12-14-25(15-13-23)34-31(42)29(24-10-8-6-7-9-11-24)36-30(41)27-16-17-33-39(27)5-2/h12-17,24,26,29H,4-11,18-22H2,1-3H3,(H,34,42)(H,35,40)(H,36,41). The first-order valence-electron chi connectivity index (χ1n) is 15.8. The molecule has 1 aromatic carbocycles. The van der Waals surface area contributed by atoms with Gasteiger partial charge >= 0.3 is 0 Å². The van der Waals surface area contributed by atoms with Crippen LogP contribution in [0.3, 0.4) is 0 Å². The maximum absolute atomic E-state index is 13.6. The van der Waals surface area contributed by atoms with Gasteiger partial charge in [-0.25, -0.2) is 0 Å². The number of anilines is 1. The summed E-state index contributed by atoms with van der Waals surface area (Å²) in [6.07, 6.45) is 8.38. The molecule has 11 heteroatoms. The minimum Gasteiger partial charge on any atom is -0.344 e. The van der Waals surface area contributed by atoms with Crippen LogP contribution in [-0.4, -0.2) is 88.5 Å². The summed E-state index contributed by atoms with van der Waals surface area (Å²) in [5, 5.41) is 13.1. The van der Waals surface area contributed by atoms with Crippen molar-refractivity contribution < 1.29 is 19.2 Å². The second kappa shape index (κ2) is 15.7. The summed E-state index contributed by atoms with van der Waals surface area (Å²) in [6.45, 7) is 7.14. The highest BCUT2D eigenvalue weighted by molar-refractivity contribution is 6.00. The van der Waals surface area contributed by atoms with Crippen LogP contribution in [0.5, 0.6) is 0 Å². The molecule has 1 saturated heterocycles. The third-order valence-electron chi connectivity index (χ3n) is 8.62. The van der Waals surface area contributed by atoms with Gasteiger partial charge in [0, 0.05) is 57.4 Å². The molecule has 4 amide bonds. The molecule has 1 aliphatic heterocycles. The number of aromatic nitrogens is 2. The lowest BCUT2D eigenvalue weighted by Gasteiger charge is -2.34. The molecular formula is C32H47N7O4. The van der Waals surface area contributed by atoms with Crippen molar-refractivity contribution in [3.63, 3.8) is 0 Å². The predicted molar refractivity (Wildman–Crippen MR) is 165 cm³/mol. The number of aryl methyl sites for hydroxylation is 1. The molecule has 11 nitrogen and oxygen atoms in total. The second-order valence-corrected chi connectivity index (χ2v) is 11.7. The quantitative estimate of drug-likeness (QED) is 0.344. The topological polar surface area (TPSA) is 129 Å². The van der Waals surface area contributed by atoms with Gasteiger partial charge in [-0.3, -0.25) is 23.9 Å². The molecule has 2 unspecified atom stereocenters. The Bertz CT molecular complexity index is 1230. The van der Waals surface area contributed by atoms with E-state index in [1.165, 1.54) is 0 Å². The van der Waals surface area contributed by atoms with Crippen LogP contribution in [0.25, 0.3) is 0 Å². The van der Waals surface area contributed by atoms with E-state index in [-0.39, 0.29) is 29.5 Å². The fraction of sp³-hybridized carbons (Fsp3) is 0.594. The first kappa shape index (κ1) is 32.2. The third kappa shape index (κ3) is 8.89. The van der Waals surface area contributed by atoms with E-state index in [9.17, 15) is 19.2 Å². The van der Waals surface area contributed by atoms with E-state index < -0.39 is 12.1 Å². The molecule has 2 atom stereocenters. The molecule has 2 aliphatic rings. The van der Waals surface area contributed by atoms with Crippen LogP contribution in [0.15, 0.2) is 36.5 Å². The predicted octanol–water partition coefficient (Wildman–Crippen LogP) is 2.82. The van der Waals surface area contributed by atoms with Gasteiger partial charge in [0.2, 0.25) is 17.7 Å². The molecule has 2 heterocycles. The van der Waals surface area contributed by atoms with Crippen LogP contribution in [0, 0.1) is 5.92 Å². The molecule has 0 radical (unpaired) electrons. The molecule has 0 bridgehead atoms. The van der Waals surface area contributed by atoms with Crippen molar-refractivity contribution >= 4 is 29.3 Å². The van der Waals surface area contributed by atoms with E-state index in [1.54, 1.807) is 23.9 Å². The van der Waals surface area contributed by atoms with E-state index in [0.29, 0.717) is 43.9 Å². The zero-order chi connectivity index (χ0) is 30.8. The van der Waals surface area contributed by atoms with Crippen LogP contribution < -0.4 is 16.0 Å². The number of benzene rings is 1. The lowest BCUT2D eigenvalue weighted by Crippen LogP contribution is -2.54. The highest BCUT2D eigenvalue weighted by Crippen LogP contribution is 2.27. The molecule has 234 valence electrons. The Balaban J connectivity index is 1.44. The van der Waals surface area contributed by atoms with E-state index in [2.05, 4.69) is 25.9 Å². The average molecular weight is 594 g/mol. The summed E-state index contributed by atoms with van der Waals surface area (Å²) in [6, 6.07) is 7.72. The number of likely N-dealkylation sites (N-methyl/N-ethyl adjacent to an activating group) is 1. The Morgan fingerprint density at radius 2 is 1.58 bits per heavy atom. The van der Waals surface area contributed by atoms with Crippen LogP contribution in [0.2, 0.25) is 0 Å². The lowest BCUT2D eigenvalue weighted by molar-refractivity contribution is -0.137.